The van der Waals surface area contributed by atoms with Gasteiger partial charge in [0.1, 0.15) is 0 Å². The number of Topliss-reactive ketones (excluding diaryl/α,β-unsaturated/α-hetero) is 1. The molecule has 0 N–H and O–H groups in total. The molecule has 0 saturated carbocycles. The molecule has 3 rings (SSSR count). The monoisotopic (exact) mass is 262 g/mol. The van der Waals surface area contributed by atoms with Gasteiger partial charge in [-0.25, -0.2) is 10.1 Å². The Balaban J connectivity index is 2.28. The minimum Gasteiger partial charge on any atom is -0.294 e. The number of hydrogen-bond acceptors (Lipinski definition) is 2. The maximum absolute atomic E-state index is 12.4. The molecule has 3 heteroatoms. The smallest absolute Gasteiger partial charge is 0.266 e. The maximum atomic E-state index is 12.4. The van der Waals surface area contributed by atoms with Gasteiger partial charge in [0.15, 0.2) is 5.78 Å². The van der Waals surface area contributed by atoms with Gasteiger partial charge in [-0.1, -0.05) is 13.0 Å². The number of carbonyl (C=O) groups excluding carboxylic acids is 1. The van der Waals surface area contributed by atoms with Crippen molar-refractivity contribution in [3.05, 3.63) is 51.5 Å². The predicted molar refractivity (Wildman–Crippen MR) is 75.7 cm³/mol. The van der Waals surface area contributed by atoms with Crippen LogP contribution in [0.4, 0.5) is 0 Å². The highest BCUT2D eigenvalue weighted by Gasteiger charge is 2.35. The zero-order valence-electron chi connectivity index (χ0n) is 11.4. The summed E-state index contributed by atoms with van der Waals surface area (Å²) in [7, 11) is 0. The number of benzene rings is 1. The standard InChI is InChI=1S/C17H14N2O/c1-10-16(15(9-18)19-2)13-7-11-5-3-4-6-12(11)8-14(13)17(10)20/h7-8,10H,3-6H2,1H3/b16-15+. The fourth-order valence-corrected chi connectivity index (χ4v) is 3.29. The van der Waals surface area contributed by atoms with Crippen LogP contribution in [0.2, 0.25) is 0 Å². The summed E-state index contributed by atoms with van der Waals surface area (Å²) in [5, 5.41) is 9.12. The van der Waals surface area contributed by atoms with Crippen LogP contribution >= 0.6 is 0 Å². The van der Waals surface area contributed by atoms with Crippen molar-refractivity contribution in [1.82, 2.24) is 0 Å². The molecule has 1 aromatic carbocycles. The molecule has 0 aromatic heterocycles. The van der Waals surface area contributed by atoms with Crippen molar-refractivity contribution in [1.29, 1.82) is 5.26 Å². The lowest BCUT2D eigenvalue weighted by Gasteiger charge is -2.17. The SMILES string of the molecule is [C-]#[N+]/C(C#N)=C1/c2cc3c(cc2C(=O)C1C)CCCC3. The normalized spacial score (nSPS) is 22.6. The average Bonchev–Trinajstić information content (AvgIpc) is 2.71. The molecule has 20 heavy (non-hydrogen) atoms. The largest absolute Gasteiger partial charge is 0.294 e. The molecule has 3 nitrogen and oxygen atoms in total. The van der Waals surface area contributed by atoms with E-state index in [2.05, 4.69) is 4.85 Å². The van der Waals surface area contributed by atoms with Gasteiger partial charge in [-0.05, 0) is 54.0 Å². The van der Waals surface area contributed by atoms with Crippen LogP contribution in [0.3, 0.4) is 0 Å². The van der Waals surface area contributed by atoms with Crippen LogP contribution < -0.4 is 0 Å². The van der Waals surface area contributed by atoms with E-state index in [1.54, 1.807) is 6.92 Å². The summed E-state index contributed by atoms with van der Waals surface area (Å²) in [4.78, 5) is 15.7. The highest BCUT2D eigenvalue weighted by Crippen LogP contribution is 2.41. The van der Waals surface area contributed by atoms with Gasteiger partial charge in [-0.3, -0.25) is 4.79 Å². The molecule has 0 bridgehead atoms. The Morgan fingerprint density at radius 3 is 2.45 bits per heavy atom. The highest BCUT2D eigenvalue weighted by molar-refractivity contribution is 6.14. The number of carbonyl (C=O) groups is 1. The number of allylic oxidation sites excluding steroid dienone is 2. The first-order valence-electron chi connectivity index (χ1n) is 6.89. The van der Waals surface area contributed by atoms with Gasteiger partial charge in [0.2, 0.25) is 0 Å². The fourth-order valence-electron chi connectivity index (χ4n) is 3.29. The minimum absolute atomic E-state index is 0.0415. The molecule has 1 atom stereocenters. The first-order valence-corrected chi connectivity index (χ1v) is 6.89. The van der Waals surface area contributed by atoms with Crippen molar-refractivity contribution in [3.8, 4) is 6.07 Å². The van der Waals surface area contributed by atoms with E-state index >= 15 is 0 Å². The second-order valence-corrected chi connectivity index (χ2v) is 5.45. The summed E-state index contributed by atoms with van der Waals surface area (Å²) in [6.07, 6.45) is 4.39. The Hall–Kier alpha value is -2.39. The van der Waals surface area contributed by atoms with Crippen LogP contribution in [-0.4, -0.2) is 5.78 Å². The molecule has 98 valence electrons. The van der Waals surface area contributed by atoms with Crippen molar-refractivity contribution < 1.29 is 4.79 Å². The van der Waals surface area contributed by atoms with Crippen LogP contribution in [0.25, 0.3) is 10.4 Å². The molecule has 0 spiro atoms. The molecule has 0 amide bonds. The third kappa shape index (κ3) is 1.67. The summed E-state index contributed by atoms with van der Waals surface area (Å²) in [5.41, 5.74) is 4.73. The molecule has 2 aliphatic carbocycles. The molecular formula is C17H14N2O. The van der Waals surface area contributed by atoms with Crippen molar-refractivity contribution in [2.75, 3.05) is 0 Å². The van der Waals surface area contributed by atoms with E-state index in [1.807, 2.05) is 18.2 Å². The molecular weight excluding hydrogens is 248 g/mol. The van der Waals surface area contributed by atoms with Crippen molar-refractivity contribution >= 4 is 11.4 Å². The van der Waals surface area contributed by atoms with E-state index in [0.29, 0.717) is 11.1 Å². The van der Waals surface area contributed by atoms with Crippen LogP contribution in [0, 0.1) is 23.8 Å². The Morgan fingerprint density at radius 2 is 1.90 bits per heavy atom. The molecule has 0 radical (unpaired) electrons. The Kier molecular flexibility index (Phi) is 2.92. The predicted octanol–water partition coefficient (Wildman–Crippen LogP) is 3.55. The summed E-state index contributed by atoms with van der Waals surface area (Å²) < 4.78 is 0. The van der Waals surface area contributed by atoms with Gasteiger partial charge in [0, 0.05) is 11.5 Å². The van der Waals surface area contributed by atoms with Crippen LogP contribution in [0.15, 0.2) is 17.8 Å². The zero-order chi connectivity index (χ0) is 14.3. The molecule has 0 saturated heterocycles. The van der Waals surface area contributed by atoms with E-state index in [0.717, 1.165) is 18.4 Å². The average molecular weight is 262 g/mol. The van der Waals surface area contributed by atoms with E-state index < -0.39 is 0 Å². The summed E-state index contributed by atoms with van der Waals surface area (Å²) in [5.74, 6) is -0.336. The third-order valence-corrected chi connectivity index (χ3v) is 4.34. The molecule has 2 aliphatic rings. The quantitative estimate of drug-likeness (QED) is 0.530. The summed E-state index contributed by atoms with van der Waals surface area (Å²) in [6, 6.07) is 5.98. The third-order valence-electron chi connectivity index (χ3n) is 4.34. The number of nitrogens with zero attached hydrogens (tertiary/aromatic N) is 2. The van der Waals surface area contributed by atoms with Gasteiger partial charge < -0.3 is 0 Å². The van der Waals surface area contributed by atoms with E-state index in [4.69, 9.17) is 11.8 Å². The van der Waals surface area contributed by atoms with Crippen molar-refractivity contribution in [3.63, 3.8) is 0 Å². The molecule has 0 aliphatic heterocycles. The Bertz CT molecular complexity index is 713. The first-order chi connectivity index (χ1) is 9.67. The number of hydrogen-bond donors (Lipinski definition) is 0. The molecule has 0 fully saturated rings. The lowest BCUT2D eigenvalue weighted by atomic mass is 9.88. The molecule has 1 unspecified atom stereocenters. The number of aryl methyl sites for hydroxylation is 2. The lowest BCUT2D eigenvalue weighted by molar-refractivity contribution is 0.0965. The second kappa shape index (κ2) is 4.62. The maximum Gasteiger partial charge on any atom is 0.266 e. The van der Waals surface area contributed by atoms with Gasteiger partial charge in [-0.2, -0.15) is 0 Å². The number of ketones is 1. The van der Waals surface area contributed by atoms with E-state index in [9.17, 15) is 4.79 Å². The first kappa shape index (κ1) is 12.6. The minimum atomic E-state index is -0.377. The summed E-state index contributed by atoms with van der Waals surface area (Å²) in [6.45, 7) is 8.93. The number of fused-ring (bicyclic) bond motifs is 2. The molecule has 1 aromatic rings. The fraction of sp³-hybridized carbons (Fsp3) is 0.353. The van der Waals surface area contributed by atoms with Gasteiger partial charge in [0.05, 0.1) is 12.6 Å². The Morgan fingerprint density at radius 1 is 1.30 bits per heavy atom. The number of nitriles is 1. The van der Waals surface area contributed by atoms with E-state index in [1.165, 1.54) is 24.0 Å². The van der Waals surface area contributed by atoms with Gasteiger partial charge >= 0.3 is 0 Å². The van der Waals surface area contributed by atoms with Crippen molar-refractivity contribution in [2.45, 2.75) is 32.6 Å². The topological polar surface area (TPSA) is 45.2 Å². The number of rotatable bonds is 0. The zero-order valence-corrected chi connectivity index (χ0v) is 11.4. The summed E-state index contributed by atoms with van der Waals surface area (Å²) >= 11 is 0. The lowest BCUT2D eigenvalue weighted by Crippen LogP contribution is -2.06. The van der Waals surface area contributed by atoms with Crippen LogP contribution in [0.5, 0.6) is 0 Å². The van der Waals surface area contributed by atoms with Gasteiger partial charge in [-0.15, -0.1) is 0 Å². The van der Waals surface area contributed by atoms with Crippen molar-refractivity contribution in [2.24, 2.45) is 5.92 Å². The highest BCUT2D eigenvalue weighted by atomic mass is 16.1. The molecule has 0 heterocycles. The van der Waals surface area contributed by atoms with Gasteiger partial charge in [0.25, 0.3) is 5.70 Å². The van der Waals surface area contributed by atoms with Crippen LogP contribution in [-0.2, 0) is 12.8 Å². The Labute approximate surface area is 118 Å². The van der Waals surface area contributed by atoms with Crippen LogP contribution in [0.1, 0.15) is 46.8 Å². The second-order valence-electron chi connectivity index (χ2n) is 5.45. The van der Waals surface area contributed by atoms with E-state index in [-0.39, 0.29) is 17.4 Å².